The summed E-state index contributed by atoms with van der Waals surface area (Å²) in [4.78, 5) is 0. The van der Waals surface area contributed by atoms with Crippen LogP contribution in [0.2, 0.25) is 5.02 Å². The van der Waals surface area contributed by atoms with Crippen molar-refractivity contribution in [3.8, 4) is 0 Å². The van der Waals surface area contributed by atoms with Gasteiger partial charge in [-0.05, 0) is 23.8 Å². The smallest absolute Gasteiger partial charge is 0.321 e. The van der Waals surface area contributed by atoms with Crippen molar-refractivity contribution >= 4 is 40.0 Å². The number of hydrogen-bond donors (Lipinski definition) is 1. The van der Waals surface area contributed by atoms with Crippen molar-refractivity contribution in [1.82, 2.24) is 9.78 Å². The van der Waals surface area contributed by atoms with Crippen molar-refractivity contribution in [1.29, 1.82) is 0 Å². The topological polar surface area (TPSA) is 43.8 Å². The molecule has 2 aromatic rings. The summed E-state index contributed by atoms with van der Waals surface area (Å²) in [6.45, 7) is 0.302. The highest BCUT2D eigenvalue weighted by atomic mass is 127. The minimum Gasteiger partial charge on any atom is -0.382 e. The van der Waals surface area contributed by atoms with E-state index in [4.69, 9.17) is 17.3 Å². The summed E-state index contributed by atoms with van der Waals surface area (Å²) < 4.78 is 25.1. The number of anilines is 1. The molecule has 0 saturated carbocycles. The van der Waals surface area contributed by atoms with Gasteiger partial charge in [-0.3, -0.25) is 4.68 Å². The van der Waals surface area contributed by atoms with Gasteiger partial charge in [0.25, 0.3) is 0 Å². The lowest BCUT2D eigenvalue weighted by Gasteiger charge is -2.12. The van der Waals surface area contributed by atoms with Crippen LogP contribution in [0.3, 0.4) is 0 Å². The first-order valence-electron chi connectivity index (χ1n) is 5.01. The lowest BCUT2D eigenvalue weighted by molar-refractivity contribution is 0.127. The predicted octanol–water partition coefficient (Wildman–Crippen LogP) is 3.65. The van der Waals surface area contributed by atoms with Gasteiger partial charge >= 0.3 is 3.93 Å². The Morgan fingerprint density at radius 3 is 2.67 bits per heavy atom. The van der Waals surface area contributed by atoms with Gasteiger partial charge in [0.15, 0.2) is 0 Å². The van der Waals surface area contributed by atoms with Crippen LogP contribution in [-0.2, 0) is 10.5 Å². The highest BCUT2D eigenvalue weighted by molar-refractivity contribution is 14.1. The van der Waals surface area contributed by atoms with Crippen LogP contribution in [0.25, 0.3) is 0 Å². The number of benzene rings is 1. The maximum absolute atomic E-state index is 13.2. The molecule has 0 bridgehead atoms. The number of halogens is 4. The van der Waals surface area contributed by atoms with Crippen LogP contribution in [0, 0.1) is 0 Å². The van der Waals surface area contributed by atoms with E-state index < -0.39 is 3.93 Å². The first kappa shape index (κ1) is 13.5. The van der Waals surface area contributed by atoms with Crippen LogP contribution in [-0.4, -0.2) is 9.78 Å². The van der Waals surface area contributed by atoms with Gasteiger partial charge in [-0.15, -0.1) is 0 Å². The number of alkyl halides is 3. The zero-order valence-electron chi connectivity index (χ0n) is 9.08. The third-order valence-corrected chi connectivity index (χ3v) is 3.36. The molecule has 0 radical (unpaired) electrons. The quantitative estimate of drug-likeness (QED) is 0.649. The molecule has 0 aliphatic carbocycles. The summed E-state index contributed by atoms with van der Waals surface area (Å²) in [5.41, 5.74) is 5.98. The third kappa shape index (κ3) is 3.11. The minimum absolute atomic E-state index is 0.0809. The fraction of sp³-hybridized carbons (Fsp3) is 0.182. The molecule has 0 aliphatic rings. The molecule has 0 aliphatic heterocycles. The maximum atomic E-state index is 13.2. The fourth-order valence-corrected chi connectivity index (χ4v) is 2.03. The summed E-state index contributed by atoms with van der Waals surface area (Å²) in [5, 5.41) is 4.41. The van der Waals surface area contributed by atoms with E-state index in [-0.39, 0.29) is 5.56 Å². The first-order valence-corrected chi connectivity index (χ1v) is 6.46. The molecule has 7 heteroatoms. The predicted molar refractivity (Wildman–Crippen MR) is 75.1 cm³/mol. The summed E-state index contributed by atoms with van der Waals surface area (Å²) in [6.07, 6.45) is 1.67. The monoisotopic (exact) mass is 383 g/mol. The third-order valence-electron chi connectivity index (χ3n) is 2.37. The minimum atomic E-state index is -2.92. The molecule has 0 atom stereocenters. The van der Waals surface area contributed by atoms with Crippen molar-refractivity contribution in [2.24, 2.45) is 0 Å². The van der Waals surface area contributed by atoms with Crippen LogP contribution in [0.15, 0.2) is 30.5 Å². The Morgan fingerprint density at radius 1 is 1.39 bits per heavy atom. The Morgan fingerprint density at radius 2 is 2.11 bits per heavy atom. The SMILES string of the molecule is Nc1ccn(Cc2cc(C(F)(F)I)ccc2Cl)n1. The number of hydrogen-bond acceptors (Lipinski definition) is 2. The zero-order valence-corrected chi connectivity index (χ0v) is 12.0. The van der Waals surface area contributed by atoms with Gasteiger partial charge in [0.2, 0.25) is 0 Å². The van der Waals surface area contributed by atoms with Crippen molar-refractivity contribution < 1.29 is 8.78 Å². The molecular weight excluding hydrogens is 374 g/mol. The molecule has 0 unspecified atom stereocenters. The molecule has 1 aromatic heterocycles. The van der Waals surface area contributed by atoms with Gasteiger partial charge in [-0.25, -0.2) is 0 Å². The van der Waals surface area contributed by atoms with E-state index >= 15 is 0 Å². The van der Waals surface area contributed by atoms with E-state index in [1.54, 1.807) is 16.9 Å². The second kappa shape index (κ2) is 5.00. The highest BCUT2D eigenvalue weighted by Crippen LogP contribution is 2.36. The van der Waals surface area contributed by atoms with Crippen LogP contribution >= 0.6 is 34.2 Å². The van der Waals surface area contributed by atoms with Crippen LogP contribution in [0.1, 0.15) is 11.1 Å². The van der Waals surface area contributed by atoms with E-state index in [9.17, 15) is 8.78 Å². The molecule has 0 spiro atoms. The second-order valence-electron chi connectivity index (χ2n) is 3.74. The average Bonchev–Trinajstić information content (AvgIpc) is 2.66. The molecule has 2 rings (SSSR count). The number of nitrogen functional groups attached to an aromatic ring is 1. The molecule has 0 fully saturated rings. The largest absolute Gasteiger partial charge is 0.382 e. The average molecular weight is 384 g/mol. The van der Waals surface area contributed by atoms with E-state index in [0.29, 0.717) is 22.9 Å². The maximum Gasteiger partial charge on any atom is 0.321 e. The van der Waals surface area contributed by atoms with Gasteiger partial charge in [0.05, 0.1) is 6.54 Å². The van der Waals surface area contributed by atoms with Gasteiger partial charge in [0.1, 0.15) is 5.82 Å². The lowest BCUT2D eigenvalue weighted by atomic mass is 10.1. The fourth-order valence-electron chi connectivity index (χ4n) is 1.51. The van der Waals surface area contributed by atoms with Crippen LogP contribution < -0.4 is 5.73 Å². The first-order chi connectivity index (χ1) is 8.36. The summed E-state index contributed by atoms with van der Waals surface area (Å²) in [6, 6.07) is 5.79. The van der Waals surface area contributed by atoms with Gasteiger partial charge in [0, 0.05) is 39.4 Å². The summed E-state index contributed by atoms with van der Waals surface area (Å²) in [7, 11) is 0. The molecule has 1 heterocycles. The second-order valence-corrected chi connectivity index (χ2v) is 5.50. The van der Waals surface area contributed by atoms with Crippen molar-refractivity contribution in [3.63, 3.8) is 0 Å². The van der Waals surface area contributed by atoms with E-state index in [0.717, 1.165) is 22.6 Å². The molecule has 1 aromatic carbocycles. The molecule has 96 valence electrons. The van der Waals surface area contributed by atoms with E-state index in [2.05, 4.69) is 5.10 Å². The Balaban J connectivity index is 2.32. The van der Waals surface area contributed by atoms with Crippen molar-refractivity contribution in [2.75, 3.05) is 5.73 Å². The Kier molecular flexibility index (Phi) is 3.76. The van der Waals surface area contributed by atoms with E-state index in [1.807, 2.05) is 0 Å². The number of rotatable bonds is 3. The Hall–Kier alpha value is -0.890. The molecule has 18 heavy (non-hydrogen) atoms. The van der Waals surface area contributed by atoms with Crippen molar-refractivity contribution in [3.05, 3.63) is 46.6 Å². The Labute approximate surface area is 121 Å². The number of nitrogens with zero attached hydrogens (tertiary/aromatic N) is 2. The molecule has 0 saturated heterocycles. The molecular formula is C11H9ClF2IN3. The zero-order chi connectivity index (χ0) is 13.3. The van der Waals surface area contributed by atoms with Gasteiger partial charge in [-0.2, -0.15) is 13.9 Å². The lowest BCUT2D eigenvalue weighted by Crippen LogP contribution is -2.06. The highest BCUT2D eigenvalue weighted by Gasteiger charge is 2.27. The van der Waals surface area contributed by atoms with Crippen molar-refractivity contribution in [2.45, 2.75) is 10.5 Å². The normalized spacial score (nSPS) is 11.8. The van der Waals surface area contributed by atoms with Gasteiger partial charge in [-0.1, -0.05) is 17.7 Å². The molecule has 0 amide bonds. The van der Waals surface area contributed by atoms with Gasteiger partial charge < -0.3 is 5.73 Å². The molecule has 3 nitrogen and oxygen atoms in total. The van der Waals surface area contributed by atoms with Crippen LogP contribution in [0.4, 0.5) is 14.6 Å². The summed E-state index contributed by atoms with van der Waals surface area (Å²) in [5.74, 6) is 0.376. The standard InChI is InChI=1S/C11H9ClF2IN3/c12-9-2-1-8(11(13,14)15)5-7(9)6-18-4-3-10(16)17-18/h1-5H,6H2,(H2,16,17). The summed E-state index contributed by atoms with van der Waals surface area (Å²) >= 11 is 7.07. The van der Waals surface area contributed by atoms with Crippen LogP contribution in [0.5, 0.6) is 0 Å². The number of nitrogens with two attached hydrogens (primary N) is 1. The van der Waals surface area contributed by atoms with E-state index in [1.165, 1.54) is 18.2 Å². The Bertz CT molecular complexity index is 566. The molecule has 2 N–H and O–H groups in total. The number of aromatic nitrogens is 2.